The second kappa shape index (κ2) is 6.40. The molecule has 26 heavy (non-hydrogen) atoms. The summed E-state index contributed by atoms with van der Waals surface area (Å²) in [6.07, 6.45) is 5.18. The van der Waals surface area contributed by atoms with Crippen molar-refractivity contribution in [3.05, 3.63) is 69.7 Å². The zero-order chi connectivity index (χ0) is 17.5. The molecular weight excluding hydrogens is 342 g/mol. The number of carbonyl (C=O) groups is 1. The number of fused-ring (bicyclic) bond motifs is 1. The van der Waals surface area contributed by atoms with Crippen LogP contribution in [0, 0.1) is 0 Å². The van der Waals surface area contributed by atoms with E-state index in [4.69, 9.17) is 5.10 Å². The van der Waals surface area contributed by atoms with Gasteiger partial charge in [-0.15, -0.1) is 11.3 Å². The third-order valence-electron chi connectivity index (χ3n) is 5.52. The van der Waals surface area contributed by atoms with Crippen molar-refractivity contribution in [3.63, 3.8) is 0 Å². The minimum Gasteiger partial charge on any atom is -0.329 e. The fraction of sp³-hybridized carbons (Fsp3) is 0.333. The summed E-state index contributed by atoms with van der Waals surface area (Å²) in [5, 5.41) is 6.89. The molecule has 2 aromatic heterocycles. The van der Waals surface area contributed by atoms with E-state index in [-0.39, 0.29) is 11.9 Å². The predicted molar refractivity (Wildman–Crippen MR) is 103 cm³/mol. The number of likely N-dealkylation sites (tertiary alicyclic amines) is 1. The summed E-state index contributed by atoms with van der Waals surface area (Å²) >= 11 is 1.74. The summed E-state index contributed by atoms with van der Waals surface area (Å²) in [5.41, 5.74) is 4.09. The Morgan fingerprint density at radius 2 is 1.96 bits per heavy atom. The highest BCUT2D eigenvalue weighted by Crippen LogP contribution is 2.37. The number of rotatable bonds is 3. The van der Waals surface area contributed by atoms with Gasteiger partial charge in [-0.3, -0.25) is 4.79 Å². The summed E-state index contributed by atoms with van der Waals surface area (Å²) < 4.78 is 1.99. The molecule has 0 N–H and O–H groups in total. The molecule has 2 aliphatic rings. The van der Waals surface area contributed by atoms with Gasteiger partial charge in [-0.05, 0) is 55.7 Å². The number of nitrogens with zero attached hydrogens (tertiary/aromatic N) is 3. The second-order valence-electron chi connectivity index (χ2n) is 7.05. The van der Waals surface area contributed by atoms with Gasteiger partial charge in [0.2, 0.25) is 0 Å². The summed E-state index contributed by atoms with van der Waals surface area (Å²) in [6.45, 7) is 0.828. The standard InChI is InChI=1S/C21H21N3OS/c25-21(23-13-5-11-18(23)19-12-6-14-26-19)20-16-9-4-10-17(16)24(22-20)15-7-2-1-3-8-15/h1-3,6-8,12,14,18H,4-5,9-11,13H2. The third-order valence-corrected chi connectivity index (χ3v) is 6.49. The number of amides is 1. The van der Waals surface area contributed by atoms with Crippen molar-refractivity contribution in [1.82, 2.24) is 14.7 Å². The average Bonchev–Trinajstić information content (AvgIpc) is 3.46. The van der Waals surface area contributed by atoms with Gasteiger partial charge in [0, 0.05) is 22.7 Å². The smallest absolute Gasteiger partial charge is 0.275 e. The lowest BCUT2D eigenvalue weighted by atomic mass is 10.1. The maximum Gasteiger partial charge on any atom is 0.275 e. The van der Waals surface area contributed by atoms with Gasteiger partial charge in [0.15, 0.2) is 5.69 Å². The quantitative estimate of drug-likeness (QED) is 0.692. The molecular formula is C21H21N3OS. The van der Waals surface area contributed by atoms with Gasteiger partial charge >= 0.3 is 0 Å². The van der Waals surface area contributed by atoms with Gasteiger partial charge in [0.05, 0.1) is 11.7 Å². The van der Waals surface area contributed by atoms with Crippen LogP contribution in [0.5, 0.6) is 0 Å². The number of hydrogen-bond donors (Lipinski definition) is 0. The monoisotopic (exact) mass is 363 g/mol. The Balaban J connectivity index is 1.53. The Bertz CT molecular complexity index is 930. The Labute approximate surface area is 157 Å². The molecule has 1 saturated heterocycles. The molecule has 1 aliphatic carbocycles. The second-order valence-corrected chi connectivity index (χ2v) is 8.03. The predicted octanol–water partition coefficient (Wildman–Crippen LogP) is 4.40. The molecule has 1 atom stereocenters. The molecule has 1 fully saturated rings. The Morgan fingerprint density at radius 3 is 2.77 bits per heavy atom. The number of hydrogen-bond acceptors (Lipinski definition) is 3. The summed E-state index contributed by atoms with van der Waals surface area (Å²) in [4.78, 5) is 16.7. The Hall–Kier alpha value is -2.40. The van der Waals surface area contributed by atoms with E-state index < -0.39 is 0 Å². The van der Waals surface area contributed by atoms with Crippen LogP contribution < -0.4 is 0 Å². The lowest BCUT2D eigenvalue weighted by molar-refractivity contribution is 0.0730. The van der Waals surface area contributed by atoms with Crippen molar-refractivity contribution in [2.45, 2.75) is 38.1 Å². The number of benzene rings is 1. The van der Waals surface area contributed by atoms with E-state index in [1.165, 1.54) is 10.6 Å². The van der Waals surface area contributed by atoms with Gasteiger partial charge in [-0.25, -0.2) is 4.68 Å². The highest BCUT2D eigenvalue weighted by atomic mass is 32.1. The van der Waals surface area contributed by atoms with Crippen LogP contribution in [0.4, 0.5) is 0 Å². The van der Waals surface area contributed by atoms with E-state index in [0.717, 1.165) is 49.9 Å². The molecule has 1 aliphatic heterocycles. The molecule has 132 valence electrons. The van der Waals surface area contributed by atoms with Crippen molar-refractivity contribution >= 4 is 17.2 Å². The molecule has 0 spiro atoms. The Morgan fingerprint density at radius 1 is 1.08 bits per heavy atom. The molecule has 5 heteroatoms. The van der Waals surface area contributed by atoms with Crippen LogP contribution in [0.25, 0.3) is 5.69 Å². The van der Waals surface area contributed by atoms with Crippen molar-refractivity contribution < 1.29 is 4.79 Å². The summed E-state index contributed by atoms with van der Waals surface area (Å²) in [7, 11) is 0. The number of para-hydroxylation sites is 1. The normalized spacial score (nSPS) is 19.1. The van der Waals surface area contributed by atoms with Crippen LogP contribution in [0.2, 0.25) is 0 Å². The molecule has 1 unspecified atom stereocenters. The number of thiophene rings is 1. The molecule has 0 saturated carbocycles. The zero-order valence-corrected chi connectivity index (χ0v) is 15.4. The lowest BCUT2D eigenvalue weighted by Gasteiger charge is -2.23. The minimum absolute atomic E-state index is 0.105. The average molecular weight is 363 g/mol. The fourth-order valence-electron chi connectivity index (χ4n) is 4.31. The Kier molecular flexibility index (Phi) is 3.89. The SMILES string of the molecule is O=C(c1nn(-c2ccccc2)c2c1CCC2)N1CCCC1c1cccs1. The first-order chi connectivity index (χ1) is 12.8. The summed E-state index contributed by atoms with van der Waals surface area (Å²) in [5.74, 6) is 0.105. The van der Waals surface area contributed by atoms with E-state index in [1.807, 2.05) is 27.8 Å². The van der Waals surface area contributed by atoms with Crippen LogP contribution in [0.1, 0.15) is 51.9 Å². The highest BCUT2D eigenvalue weighted by molar-refractivity contribution is 7.10. The van der Waals surface area contributed by atoms with Gasteiger partial charge in [-0.2, -0.15) is 5.10 Å². The van der Waals surface area contributed by atoms with Crippen molar-refractivity contribution in [1.29, 1.82) is 0 Å². The van der Waals surface area contributed by atoms with Gasteiger partial charge in [0.25, 0.3) is 5.91 Å². The van der Waals surface area contributed by atoms with Gasteiger partial charge in [-0.1, -0.05) is 24.3 Å². The first-order valence-electron chi connectivity index (χ1n) is 9.33. The molecule has 1 aromatic carbocycles. The molecule has 3 heterocycles. The first kappa shape index (κ1) is 15.8. The van der Waals surface area contributed by atoms with E-state index in [9.17, 15) is 4.79 Å². The van der Waals surface area contributed by atoms with Gasteiger partial charge in [0.1, 0.15) is 0 Å². The molecule has 5 rings (SSSR count). The maximum atomic E-state index is 13.4. The maximum absolute atomic E-state index is 13.4. The minimum atomic E-state index is 0.105. The molecule has 0 bridgehead atoms. The van der Waals surface area contributed by atoms with E-state index >= 15 is 0 Å². The lowest BCUT2D eigenvalue weighted by Crippen LogP contribution is -2.31. The molecule has 3 aromatic rings. The van der Waals surface area contributed by atoms with E-state index in [2.05, 4.69) is 29.6 Å². The molecule has 0 radical (unpaired) electrons. The third kappa shape index (κ3) is 2.50. The van der Waals surface area contributed by atoms with Crippen molar-refractivity contribution in [2.75, 3.05) is 6.54 Å². The van der Waals surface area contributed by atoms with Crippen LogP contribution in [0.3, 0.4) is 0 Å². The zero-order valence-electron chi connectivity index (χ0n) is 14.6. The largest absolute Gasteiger partial charge is 0.329 e. The topological polar surface area (TPSA) is 38.1 Å². The van der Waals surface area contributed by atoms with Crippen molar-refractivity contribution in [2.24, 2.45) is 0 Å². The first-order valence-corrected chi connectivity index (χ1v) is 10.2. The number of carbonyl (C=O) groups excluding carboxylic acids is 1. The summed E-state index contributed by atoms with van der Waals surface area (Å²) in [6, 6.07) is 14.6. The fourth-order valence-corrected chi connectivity index (χ4v) is 5.19. The van der Waals surface area contributed by atoms with Crippen LogP contribution in [0.15, 0.2) is 47.8 Å². The van der Waals surface area contributed by atoms with Crippen LogP contribution >= 0.6 is 11.3 Å². The van der Waals surface area contributed by atoms with Gasteiger partial charge < -0.3 is 4.90 Å². The van der Waals surface area contributed by atoms with Crippen LogP contribution in [-0.2, 0) is 12.8 Å². The highest BCUT2D eigenvalue weighted by Gasteiger charge is 2.35. The van der Waals surface area contributed by atoms with E-state index in [1.54, 1.807) is 11.3 Å². The number of aromatic nitrogens is 2. The van der Waals surface area contributed by atoms with Crippen molar-refractivity contribution in [3.8, 4) is 5.69 Å². The van der Waals surface area contributed by atoms with Crippen LogP contribution in [-0.4, -0.2) is 27.1 Å². The molecule has 1 amide bonds. The molecule has 4 nitrogen and oxygen atoms in total. The van der Waals surface area contributed by atoms with E-state index in [0.29, 0.717) is 5.69 Å².